The van der Waals surface area contributed by atoms with Gasteiger partial charge in [0.25, 0.3) is 5.92 Å². The molecule has 0 bridgehead atoms. The Morgan fingerprint density at radius 2 is 2.08 bits per heavy atom. The van der Waals surface area contributed by atoms with Gasteiger partial charge in [0, 0.05) is 9.13 Å². The minimum atomic E-state index is -3.17. The average molecular weight is 298 g/mol. The van der Waals surface area contributed by atoms with Crippen LogP contribution in [-0.4, -0.2) is 11.2 Å². The van der Waals surface area contributed by atoms with Gasteiger partial charge in [0.15, 0.2) is 0 Å². The zero-order chi connectivity index (χ0) is 10.1. The number of hydrogen-bond donors (Lipinski definition) is 1. The Morgan fingerprint density at radius 3 is 2.54 bits per heavy atom. The van der Waals surface area contributed by atoms with Crippen LogP contribution in [0.5, 0.6) is 0 Å². The van der Waals surface area contributed by atoms with E-state index in [0.29, 0.717) is 0 Å². The Balaban J connectivity index is 3.07. The van der Waals surface area contributed by atoms with Crippen LogP contribution in [0.25, 0.3) is 0 Å². The molecular formula is C9H9F2IO. The van der Waals surface area contributed by atoms with E-state index in [9.17, 15) is 8.78 Å². The SMILES string of the molecule is C[C@@H](O)C(F)(F)c1cccc(I)c1. The molecule has 0 unspecified atom stereocenters. The number of rotatable bonds is 2. The molecule has 1 N–H and O–H groups in total. The number of benzene rings is 1. The Bertz CT molecular complexity index is 299. The number of hydrogen-bond acceptors (Lipinski definition) is 1. The molecule has 0 saturated heterocycles. The number of alkyl halides is 2. The Kier molecular flexibility index (Phi) is 3.23. The van der Waals surface area contributed by atoms with Crippen LogP contribution >= 0.6 is 22.6 Å². The highest BCUT2D eigenvalue weighted by Crippen LogP contribution is 2.32. The summed E-state index contributed by atoms with van der Waals surface area (Å²) in [5.41, 5.74) is -0.144. The lowest BCUT2D eigenvalue weighted by molar-refractivity contribution is -0.106. The van der Waals surface area contributed by atoms with Crippen molar-refractivity contribution in [3.05, 3.63) is 33.4 Å². The number of aliphatic hydroxyl groups excluding tert-OH is 1. The second-order valence-electron chi connectivity index (χ2n) is 2.81. The molecule has 0 radical (unpaired) electrons. The zero-order valence-corrected chi connectivity index (χ0v) is 9.13. The van der Waals surface area contributed by atoms with Gasteiger partial charge >= 0.3 is 0 Å². The van der Waals surface area contributed by atoms with E-state index in [-0.39, 0.29) is 5.56 Å². The Labute approximate surface area is 88.9 Å². The first-order valence-corrected chi connectivity index (χ1v) is 4.84. The molecule has 1 atom stereocenters. The summed E-state index contributed by atoms with van der Waals surface area (Å²) in [4.78, 5) is 0. The summed E-state index contributed by atoms with van der Waals surface area (Å²) in [6.45, 7) is 1.08. The first-order chi connectivity index (χ1) is 5.94. The average Bonchev–Trinajstić information content (AvgIpc) is 2.04. The van der Waals surface area contributed by atoms with Crippen molar-refractivity contribution < 1.29 is 13.9 Å². The van der Waals surface area contributed by atoms with Crippen LogP contribution in [-0.2, 0) is 5.92 Å². The minimum absolute atomic E-state index is 0.144. The molecular weight excluding hydrogens is 289 g/mol. The van der Waals surface area contributed by atoms with E-state index >= 15 is 0 Å². The fraction of sp³-hybridized carbons (Fsp3) is 0.333. The van der Waals surface area contributed by atoms with Crippen LogP contribution in [0.3, 0.4) is 0 Å². The maximum absolute atomic E-state index is 13.2. The fourth-order valence-corrected chi connectivity index (χ4v) is 1.48. The first kappa shape index (κ1) is 10.8. The van der Waals surface area contributed by atoms with Gasteiger partial charge in [-0.15, -0.1) is 0 Å². The summed E-state index contributed by atoms with van der Waals surface area (Å²) in [5, 5.41) is 8.87. The van der Waals surface area contributed by atoms with Gasteiger partial charge in [-0.05, 0) is 41.6 Å². The molecule has 1 aromatic carbocycles. The van der Waals surface area contributed by atoms with Crippen molar-refractivity contribution in [1.29, 1.82) is 0 Å². The van der Waals surface area contributed by atoms with E-state index in [2.05, 4.69) is 0 Å². The molecule has 1 nitrogen and oxygen atoms in total. The standard InChI is InChI=1S/C9H9F2IO/c1-6(13)9(10,11)7-3-2-4-8(12)5-7/h2-6,13H,1H3/t6-/m1/s1. The molecule has 1 aromatic rings. The van der Waals surface area contributed by atoms with E-state index in [1.54, 1.807) is 12.1 Å². The molecule has 0 aliphatic heterocycles. The van der Waals surface area contributed by atoms with Crippen LogP contribution in [0.2, 0.25) is 0 Å². The highest BCUT2D eigenvalue weighted by Gasteiger charge is 2.37. The van der Waals surface area contributed by atoms with Crippen molar-refractivity contribution in [3.8, 4) is 0 Å². The van der Waals surface area contributed by atoms with Gasteiger partial charge in [-0.2, -0.15) is 8.78 Å². The predicted octanol–water partition coefficient (Wildman–Crippen LogP) is 2.76. The van der Waals surface area contributed by atoms with Gasteiger partial charge in [0.2, 0.25) is 0 Å². The summed E-state index contributed by atoms with van der Waals surface area (Å²) in [6.07, 6.45) is -1.66. The molecule has 1 rings (SSSR count). The Hall–Kier alpha value is -0.230. The van der Waals surface area contributed by atoms with Gasteiger partial charge in [0.05, 0.1) is 0 Å². The maximum atomic E-state index is 13.2. The molecule has 13 heavy (non-hydrogen) atoms. The van der Waals surface area contributed by atoms with Gasteiger partial charge < -0.3 is 5.11 Å². The smallest absolute Gasteiger partial charge is 0.298 e. The molecule has 0 amide bonds. The molecule has 0 spiro atoms. The number of aliphatic hydroxyl groups is 1. The number of halogens is 3. The van der Waals surface area contributed by atoms with Crippen molar-refractivity contribution >= 4 is 22.6 Å². The van der Waals surface area contributed by atoms with Gasteiger partial charge in [-0.25, -0.2) is 0 Å². The van der Waals surface area contributed by atoms with Gasteiger partial charge in [0.1, 0.15) is 6.10 Å². The molecule has 0 aliphatic carbocycles. The van der Waals surface area contributed by atoms with Gasteiger partial charge in [-0.1, -0.05) is 12.1 Å². The predicted molar refractivity (Wildman–Crippen MR) is 54.7 cm³/mol. The lowest BCUT2D eigenvalue weighted by Gasteiger charge is -2.19. The summed E-state index contributed by atoms with van der Waals surface area (Å²) >= 11 is 1.95. The lowest BCUT2D eigenvalue weighted by Crippen LogP contribution is -2.27. The van der Waals surface area contributed by atoms with Crippen LogP contribution in [0.4, 0.5) is 8.78 Å². The third kappa shape index (κ3) is 2.37. The van der Waals surface area contributed by atoms with Crippen LogP contribution in [0.15, 0.2) is 24.3 Å². The fourth-order valence-electron chi connectivity index (χ4n) is 0.937. The summed E-state index contributed by atoms with van der Waals surface area (Å²) in [5.74, 6) is -3.17. The van der Waals surface area contributed by atoms with Crippen molar-refractivity contribution in [3.63, 3.8) is 0 Å². The molecule has 72 valence electrons. The minimum Gasteiger partial charge on any atom is -0.387 e. The maximum Gasteiger partial charge on any atom is 0.298 e. The quantitative estimate of drug-likeness (QED) is 0.832. The lowest BCUT2D eigenvalue weighted by atomic mass is 10.0. The second-order valence-corrected chi connectivity index (χ2v) is 4.05. The molecule has 0 aliphatic rings. The van der Waals surface area contributed by atoms with Crippen molar-refractivity contribution in [2.24, 2.45) is 0 Å². The van der Waals surface area contributed by atoms with E-state index < -0.39 is 12.0 Å². The van der Waals surface area contributed by atoms with E-state index in [0.717, 1.165) is 10.5 Å². The second kappa shape index (κ2) is 3.88. The zero-order valence-electron chi connectivity index (χ0n) is 6.97. The largest absolute Gasteiger partial charge is 0.387 e. The van der Waals surface area contributed by atoms with Crippen LogP contribution < -0.4 is 0 Å². The monoisotopic (exact) mass is 298 g/mol. The summed E-state index contributed by atoms with van der Waals surface area (Å²) in [6, 6.07) is 5.96. The summed E-state index contributed by atoms with van der Waals surface area (Å²) in [7, 11) is 0. The van der Waals surface area contributed by atoms with Crippen molar-refractivity contribution in [2.75, 3.05) is 0 Å². The molecule has 0 saturated carbocycles. The molecule has 0 aromatic heterocycles. The third-order valence-electron chi connectivity index (χ3n) is 1.73. The van der Waals surface area contributed by atoms with Gasteiger partial charge in [-0.3, -0.25) is 0 Å². The van der Waals surface area contributed by atoms with Crippen molar-refractivity contribution in [1.82, 2.24) is 0 Å². The van der Waals surface area contributed by atoms with E-state index in [4.69, 9.17) is 5.11 Å². The molecule has 0 heterocycles. The summed E-state index contributed by atoms with van der Waals surface area (Å²) < 4.78 is 27.1. The highest BCUT2D eigenvalue weighted by molar-refractivity contribution is 14.1. The molecule has 4 heteroatoms. The highest BCUT2D eigenvalue weighted by atomic mass is 127. The van der Waals surface area contributed by atoms with E-state index in [1.165, 1.54) is 12.1 Å². The van der Waals surface area contributed by atoms with Crippen LogP contribution in [0.1, 0.15) is 12.5 Å². The normalized spacial score (nSPS) is 14.2. The Morgan fingerprint density at radius 1 is 1.46 bits per heavy atom. The van der Waals surface area contributed by atoms with Crippen molar-refractivity contribution in [2.45, 2.75) is 19.0 Å². The van der Waals surface area contributed by atoms with Crippen LogP contribution in [0, 0.1) is 3.57 Å². The third-order valence-corrected chi connectivity index (χ3v) is 2.41. The van der Waals surface area contributed by atoms with E-state index in [1.807, 2.05) is 22.6 Å². The topological polar surface area (TPSA) is 20.2 Å². The first-order valence-electron chi connectivity index (χ1n) is 3.76. The molecule has 0 fully saturated rings.